The van der Waals surface area contributed by atoms with E-state index >= 15 is 0 Å². The Kier molecular flexibility index (Phi) is 6.34. The van der Waals surface area contributed by atoms with E-state index in [1.54, 1.807) is 12.1 Å². The van der Waals surface area contributed by atoms with Crippen molar-refractivity contribution in [2.75, 3.05) is 29.9 Å². The molecular formula is C21H22ClFN4O2S. The maximum absolute atomic E-state index is 13.2. The number of ether oxygens (including phenoxy) is 1. The summed E-state index contributed by atoms with van der Waals surface area (Å²) >= 11 is 7.63. The summed E-state index contributed by atoms with van der Waals surface area (Å²) in [6.07, 6.45) is 1.42. The lowest BCUT2D eigenvalue weighted by atomic mass is 9.97. The monoisotopic (exact) mass is 448 g/mol. The van der Waals surface area contributed by atoms with Gasteiger partial charge in [-0.05, 0) is 43.5 Å². The highest BCUT2D eigenvalue weighted by atomic mass is 35.5. The number of benzene rings is 1. The Balaban J connectivity index is 1.53. The number of nitrogens with zero attached hydrogens (tertiary/aromatic N) is 3. The molecule has 1 aliphatic rings. The zero-order valence-electron chi connectivity index (χ0n) is 16.5. The van der Waals surface area contributed by atoms with Gasteiger partial charge in [-0.3, -0.25) is 4.79 Å². The zero-order valence-corrected chi connectivity index (χ0v) is 18.1. The molecule has 1 fully saturated rings. The number of fused-ring (bicyclic) bond motifs is 1. The van der Waals surface area contributed by atoms with Crippen molar-refractivity contribution in [3.8, 4) is 0 Å². The third kappa shape index (κ3) is 4.65. The Labute approximate surface area is 183 Å². The van der Waals surface area contributed by atoms with Gasteiger partial charge in [0.2, 0.25) is 5.95 Å². The lowest BCUT2D eigenvalue weighted by molar-refractivity contribution is -0.148. The highest BCUT2D eigenvalue weighted by Crippen LogP contribution is 2.34. The third-order valence-electron chi connectivity index (χ3n) is 5.12. The molecule has 0 atom stereocenters. The molecule has 0 amide bonds. The quantitative estimate of drug-likeness (QED) is 0.542. The number of hydrogen-bond donors (Lipinski definition) is 1. The van der Waals surface area contributed by atoms with Crippen molar-refractivity contribution in [1.82, 2.24) is 9.97 Å². The summed E-state index contributed by atoms with van der Waals surface area (Å²) in [5, 5.41) is 4.19. The highest BCUT2D eigenvalue weighted by Gasteiger charge is 2.27. The summed E-state index contributed by atoms with van der Waals surface area (Å²) in [5.41, 5.74) is 0.946. The minimum absolute atomic E-state index is 0.0721. The molecule has 30 heavy (non-hydrogen) atoms. The van der Waals surface area contributed by atoms with Crippen molar-refractivity contribution in [3.63, 3.8) is 0 Å². The summed E-state index contributed by atoms with van der Waals surface area (Å²) in [6.45, 7) is 4.10. The molecule has 0 saturated carbocycles. The van der Waals surface area contributed by atoms with Gasteiger partial charge in [-0.2, -0.15) is 4.98 Å². The molecule has 0 unspecified atom stereocenters. The highest BCUT2D eigenvalue weighted by molar-refractivity contribution is 7.22. The van der Waals surface area contributed by atoms with Gasteiger partial charge < -0.3 is 15.0 Å². The van der Waals surface area contributed by atoms with Crippen LogP contribution in [0.15, 0.2) is 30.3 Å². The number of aromatic nitrogens is 2. The van der Waals surface area contributed by atoms with Gasteiger partial charge in [0.25, 0.3) is 0 Å². The summed E-state index contributed by atoms with van der Waals surface area (Å²) in [6, 6.07) is 8.20. The van der Waals surface area contributed by atoms with Crippen LogP contribution >= 0.6 is 22.9 Å². The molecule has 1 saturated heterocycles. The molecule has 9 heteroatoms. The zero-order chi connectivity index (χ0) is 21.1. The van der Waals surface area contributed by atoms with Gasteiger partial charge in [0.1, 0.15) is 16.5 Å². The maximum atomic E-state index is 13.2. The lowest BCUT2D eigenvalue weighted by Crippen LogP contribution is -2.38. The molecule has 3 aromatic rings. The second kappa shape index (κ2) is 9.14. The van der Waals surface area contributed by atoms with Gasteiger partial charge in [0, 0.05) is 19.6 Å². The van der Waals surface area contributed by atoms with Gasteiger partial charge in [-0.15, -0.1) is 11.3 Å². The van der Waals surface area contributed by atoms with Crippen LogP contribution in [0.4, 0.5) is 16.2 Å². The van der Waals surface area contributed by atoms with E-state index < -0.39 is 0 Å². The number of carbonyl (C=O) groups is 1. The Morgan fingerprint density at radius 2 is 2.03 bits per heavy atom. The van der Waals surface area contributed by atoms with Crippen LogP contribution in [0.1, 0.15) is 25.3 Å². The Hall–Kier alpha value is -2.45. The first kappa shape index (κ1) is 20.8. The van der Waals surface area contributed by atoms with Crippen molar-refractivity contribution in [3.05, 3.63) is 46.0 Å². The molecule has 2 aromatic heterocycles. The molecule has 0 radical (unpaired) electrons. The molecule has 158 valence electrons. The number of anilines is 2. The SMILES string of the molecule is CCOC(=O)C1CCN(c2nc(NCc3ccc(F)cc3)c3cc(Cl)sc3n2)CC1. The van der Waals surface area contributed by atoms with Gasteiger partial charge in [0.05, 0.1) is 22.2 Å². The predicted molar refractivity (Wildman–Crippen MR) is 118 cm³/mol. The smallest absolute Gasteiger partial charge is 0.309 e. The van der Waals surface area contributed by atoms with Gasteiger partial charge in [-0.1, -0.05) is 23.7 Å². The number of nitrogens with one attached hydrogen (secondary N) is 1. The van der Waals surface area contributed by atoms with E-state index in [1.165, 1.54) is 23.5 Å². The van der Waals surface area contributed by atoms with E-state index in [4.69, 9.17) is 26.3 Å². The Morgan fingerprint density at radius 3 is 2.73 bits per heavy atom. The van der Waals surface area contributed by atoms with E-state index in [0.29, 0.717) is 55.2 Å². The van der Waals surface area contributed by atoms with Gasteiger partial charge in [-0.25, -0.2) is 9.37 Å². The molecule has 0 spiro atoms. The standard InChI is InChI=1S/C21H22ClFN4O2S/c1-2-29-20(28)14-7-9-27(10-8-14)21-25-18(16-11-17(22)30-19(16)26-21)24-12-13-3-5-15(23)6-4-13/h3-6,11,14H,2,7-10,12H2,1H3,(H,24,25,26). The van der Waals surface area contributed by atoms with Crippen LogP contribution in [0.25, 0.3) is 10.2 Å². The summed E-state index contributed by atoms with van der Waals surface area (Å²) < 4.78 is 18.9. The fraction of sp³-hybridized carbons (Fsp3) is 0.381. The first-order valence-corrected chi connectivity index (χ1v) is 11.1. The van der Waals surface area contributed by atoms with E-state index in [2.05, 4.69) is 10.2 Å². The second-order valence-electron chi connectivity index (χ2n) is 7.13. The lowest BCUT2D eigenvalue weighted by Gasteiger charge is -2.31. The van der Waals surface area contributed by atoms with E-state index in [-0.39, 0.29) is 17.7 Å². The molecule has 1 N–H and O–H groups in total. The third-order valence-corrected chi connectivity index (χ3v) is 6.28. The molecule has 0 bridgehead atoms. The number of thiophene rings is 1. The molecule has 1 aliphatic heterocycles. The topological polar surface area (TPSA) is 67.3 Å². The van der Waals surface area contributed by atoms with Crippen LogP contribution < -0.4 is 10.2 Å². The first-order chi connectivity index (χ1) is 14.5. The van der Waals surface area contributed by atoms with Crippen LogP contribution in [0, 0.1) is 11.7 Å². The summed E-state index contributed by atoms with van der Waals surface area (Å²) in [7, 11) is 0. The largest absolute Gasteiger partial charge is 0.466 e. The molecule has 4 rings (SSSR count). The summed E-state index contributed by atoms with van der Waals surface area (Å²) in [4.78, 5) is 24.3. The molecular weight excluding hydrogens is 427 g/mol. The van der Waals surface area contributed by atoms with Crippen LogP contribution in [0.5, 0.6) is 0 Å². The average Bonchev–Trinajstić information content (AvgIpc) is 3.13. The van der Waals surface area contributed by atoms with E-state index in [1.807, 2.05) is 13.0 Å². The maximum Gasteiger partial charge on any atom is 0.309 e. The van der Waals surface area contributed by atoms with Crippen molar-refractivity contribution in [2.24, 2.45) is 5.92 Å². The van der Waals surface area contributed by atoms with Crippen molar-refractivity contribution in [2.45, 2.75) is 26.3 Å². The fourth-order valence-corrected chi connectivity index (χ4v) is 4.60. The molecule has 1 aromatic carbocycles. The van der Waals surface area contributed by atoms with Crippen LogP contribution in [0.3, 0.4) is 0 Å². The number of esters is 1. The first-order valence-electron chi connectivity index (χ1n) is 9.90. The minimum Gasteiger partial charge on any atom is -0.466 e. The van der Waals surface area contributed by atoms with Crippen LogP contribution in [0.2, 0.25) is 4.34 Å². The number of rotatable bonds is 6. The Morgan fingerprint density at radius 1 is 1.30 bits per heavy atom. The average molecular weight is 449 g/mol. The normalized spacial score (nSPS) is 14.8. The number of halogens is 2. The van der Waals surface area contributed by atoms with E-state index in [9.17, 15) is 9.18 Å². The number of hydrogen-bond acceptors (Lipinski definition) is 7. The minimum atomic E-state index is -0.263. The predicted octanol–water partition coefficient (Wildman–Crippen LogP) is 4.88. The van der Waals surface area contributed by atoms with Crippen molar-refractivity contribution >= 4 is 50.9 Å². The van der Waals surface area contributed by atoms with Crippen molar-refractivity contribution < 1.29 is 13.9 Å². The van der Waals surface area contributed by atoms with Crippen LogP contribution in [-0.2, 0) is 16.1 Å². The molecule has 6 nitrogen and oxygen atoms in total. The fourth-order valence-electron chi connectivity index (χ4n) is 3.52. The number of piperidine rings is 1. The van der Waals surface area contributed by atoms with Gasteiger partial charge >= 0.3 is 5.97 Å². The molecule has 0 aliphatic carbocycles. The van der Waals surface area contributed by atoms with Crippen LogP contribution in [-0.4, -0.2) is 35.6 Å². The summed E-state index contributed by atoms with van der Waals surface area (Å²) in [5.74, 6) is 0.846. The van der Waals surface area contributed by atoms with Crippen molar-refractivity contribution in [1.29, 1.82) is 0 Å². The number of carbonyl (C=O) groups excluding carboxylic acids is 1. The molecule has 3 heterocycles. The second-order valence-corrected chi connectivity index (χ2v) is 8.80. The van der Waals surface area contributed by atoms with Gasteiger partial charge in [0.15, 0.2) is 0 Å². The Bertz CT molecular complexity index is 1040. The van der Waals surface area contributed by atoms with E-state index in [0.717, 1.165) is 15.8 Å².